The first-order valence-corrected chi connectivity index (χ1v) is 7.87. The lowest BCUT2D eigenvalue weighted by Gasteiger charge is -2.26. The van der Waals surface area contributed by atoms with Crippen LogP contribution >= 0.6 is 12.2 Å². The molecule has 0 atom stereocenters. The van der Waals surface area contributed by atoms with Gasteiger partial charge in [0.15, 0.2) is 0 Å². The van der Waals surface area contributed by atoms with Crippen LogP contribution in [0.3, 0.4) is 0 Å². The highest BCUT2D eigenvalue weighted by Crippen LogP contribution is 2.37. The topological polar surface area (TPSA) is 28.7 Å². The predicted octanol–water partition coefficient (Wildman–Crippen LogP) is 5.03. The van der Waals surface area contributed by atoms with Crippen LogP contribution in [0.4, 0.5) is 0 Å². The number of rotatable bonds is 4. The molecule has 0 bridgehead atoms. The maximum atomic E-state index is 5.39. The van der Waals surface area contributed by atoms with E-state index in [0.717, 1.165) is 29.1 Å². The first-order chi connectivity index (χ1) is 9.79. The number of nitrogens with one attached hydrogen (secondary N) is 1. The zero-order chi connectivity index (χ0) is 13.9. The largest absolute Gasteiger partial charge is 0.346 e. The van der Waals surface area contributed by atoms with Gasteiger partial charge in [0.05, 0.1) is 12.0 Å². The minimum Gasteiger partial charge on any atom is -0.346 e. The molecule has 3 heteroatoms. The number of aromatic nitrogens is 2. The van der Waals surface area contributed by atoms with Crippen LogP contribution in [0.15, 0.2) is 30.6 Å². The summed E-state index contributed by atoms with van der Waals surface area (Å²) in [5.74, 6) is 0.759. The van der Waals surface area contributed by atoms with Crippen LogP contribution in [-0.2, 0) is 6.42 Å². The van der Waals surface area contributed by atoms with Crippen molar-refractivity contribution in [2.75, 3.05) is 0 Å². The Balaban J connectivity index is 2.04. The average molecular weight is 284 g/mol. The van der Waals surface area contributed by atoms with Crippen molar-refractivity contribution >= 4 is 12.2 Å². The van der Waals surface area contributed by atoms with Crippen LogP contribution in [0.2, 0.25) is 0 Å². The Morgan fingerprint density at radius 3 is 2.90 bits per heavy atom. The molecule has 2 nitrogen and oxygen atoms in total. The molecule has 3 rings (SSSR count). The van der Waals surface area contributed by atoms with Crippen molar-refractivity contribution in [3.8, 4) is 11.3 Å². The van der Waals surface area contributed by atoms with Gasteiger partial charge in [0, 0.05) is 5.56 Å². The fourth-order valence-electron chi connectivity index (χ4n) is 2.86. The molecule has 0 aliphatic heterocycles. The molecule has 20 heavy (non-hydrogen) atoms. The molecule has 1 saturated carbocycles. The minimum atomic E-state index is 0.731. The maximum Gasteiger partial charge on any atom is 0.133 e. The monoisotopic (exact) mass is 284 g/mol. The Hall–Kier alpha value is -1.48. The van der Waals surface area contributed by atoms with E-state index >= 15 is 0 Å². The van der Waals surface area contributed by atoms with Gasteiger partial charge in [-0.25, -0.2) is 4.98 Å². The SMILES string of the molecule is CCCc1c(-c2cccc(C3CCC3)c2)[nH]cnc1=S. The third-order valence-electron chi connectivity index (χ3n) is 4.20. The van der Waals surface area contributed by atoms with Crippen molar-refractivity contribution < 1.29 is 0 Å². The Labute approximate surface area is 125 Å². The molecule has 2 aromatic rings. The second-order valence-corrected chi connectivity index (χ2v) is 5.95. The molecule has 1 aliphatic carbocycles. The second-order valence-electron chi connectivity index (χ2n) is 5.56. The molecule has 0 spiro atoms. The van der Waals surface area contributed by atoms with Crippen molar-refractivity contribution in [1.29, 1.82) is 0 Å². The Morgan fingerprint density at radius 1 is 1.35 bits per heavy atom. The van der Waals surface area contributed by atoms with E-state index in [-0.39, 0.29) is 0 Å². The number of H-pyrrole nitrogens is 1. The van der Waals surface area contributed by atoms with Gasteiger partial charge in [-0.3, -0.25) is 0 Å². The van der Waals surface area contributed by atoms with Crippen LogP contribution < -0.4 is 0 Å². The highest BCUT2D eigenvalue weighted by Gasteiger charge is 2.20. The zero-order valence-corrected chi connectivity index (χ0v) is 12.7. The van der Waals surface area contributed by atoms with Crippen molar-refractivity contribution in [2.45, 2.75) is 44.9 Å². The van der Waals surface area contributed by atoms with Gasteiger partial charge < -0.3 is 4.98 Å². The lowest BCUT2D eigenvalue weighted by atomic mass is 9.79. The third-order valence-corrected chi connectivity index (χ3v) is 4.55. The fourth-order valence-corrected chi connectivity index (χ4v) is 3.11. The number of aromatic amines is 1. The van der Waals surface area contributed by atoms with Crippen LogP contribution in [0.1, 0.15) is 49.7 Å². The highest BCUT2D eigenvalue weighted by molar-refractivity contribution is 7.71. The average Bonchev–Trinajstić information content (AvgIpc) is 2.40. The van der Waals surface area contributed by atoms with Gasteiger partial charge in [-0.15, -0.1) is 0 Å². The van der Waals surface area contributed by atoms with Gasteiger partial charge in [0.2, 0.25) is 0 Å². The number of hydrogen-bond acceptors (Lipinski definition) is 2. The summed E-state index contributed by atoms with van der Waals surface area (Å²) in [6.45, 7) is 2.18. The molecule has 1 fully saturated rings. The molecule has 1 aromatic heterocycles. The van der Waals surface area contributed by atoms with E-state index in [2.05, 4.69) is 41.2 Å². The summed E-state index contributed by atoms with van der Waals surface area (Å²) >= 11 is 5.39. The van der Waals surface area contributed by atoms with Gasteiger partial charge >= 0.3 is 0 Å². The van der Waals surface area contributed by atoms with Crippen LogP contribution in [-0.4, -0.2) is 9.97 Å². The van der Waals surface area contributed by atoms with E-state index in [1.165, 1.54) is 36.0 Å². The molecule has 1 heterocycles. The van der Waals surface area contributed by atoms with Gasteiger partial charge in [-0.05, 0) is 42.4 Å². The first kappa shape index (κ1) is 13.5. The lowest BCUT2D eigenvalue weighted by Crippen LogP contribution is -2.08. The second kappa shape index (κ2) is 5.88. The fraction of sp³-hybridized carbons (Fsp3) is 0.412. The zero-order valence-electron chi connectivity index (χ0n) is 11.9. The van der Waals surface area contributed by atoms with Crippen molar-refractivity contribution in [3.63, 3.8) is 0 Å². The van der Waals surface area contributed by atoms with Gasteiger partial charge in [0.25, 0.3) is 0 Å². The molecular weight excluding hydrogens is 264 g/mol. The molecular formula is C17H20N2S. The van der Waals surface area contributed by atoms with Gasteiger partial charge in [-0.2, -0.15) is 0 Å². The van der Waals surface area contributed by atoms with E-state index in [1.807, 2.05) is 0 Å². The summed E-state index contributed by atoms with van der Waals surface area (Å²) in [6, 6.07) is 8.91. The van der Waals surface area contributed by atoms with Gasteiger partial charge in [0.1, 0.15) is 4.64 Å². The summed E-state index contributed by atoms with van der Waals surface area (Å²) in [4.78, 5) is 7.53. The number of benzene rings is 1. The number of nitrogens with zero attached hydrogens (tertiary/aromatic N) is 1. The molecule has 1 aliphatic rings. The summed E-state index contributed by atoms with van der Waals surface area (Å²) in [5.41, 5.74) is 5.03. The molecule has 0 unspecified atom stereocenters. The quantitative estimate of drug-likeness (QED) is 0.798. The van der Waals surface area contributed by atoms with Crippen molar-refractivity contribution in [3.05, 3.63) is 46.4 Å². The Bertz CT molecular complexity index is 656. The van der Waals surface area contributed by atoms with Crippen LogP contribution in [0, 0.1) is 4.64 Å². The third kappa shape index (κ3) is 2.55. The summed E-state index contributed by atoms with van der Waals surface area (Å²) in [7, 11) is 0. The minimum absolute atomic E-state index is 0.731. The lowest BCUT2D eigenvalue weighted by molar-refractivity contribution is 0.420. The Morgan fingerprint density at radius 2 is 2.20 bits per heavy atom. The van der Waals surface area contributed by atoms with Crippen LogP contribution in [0.25, 0.3) is 11.3 Å². The van der Waals surface area contributed by atoms with Crippen molar-refractivity contribution in [1.82, 2.24) is 9.97 Å². The van der Waals surface area contributed by atoms with E-state index in [0.29, 0.717) is 0 Å². The van der Waals surface area contributed by atoms with Crippen LogP contribution in [0.5, 0.6) is 0 Å². The van der Waals surface area contributed by atoms with E-state index in [4.69, 9.17) is 12.2 Å². The van der Waals surface area contributed by atoms with E-state index in [1.54, 1.807) is 6.33 Å². The standard InChI is InChI=1S/C17H20N2S/c1-2-5-15-16(18-11-19-17(15)20)14-9-4-8-13(10-14)12-6-3-7-12/h4,8-12H,2-3,5-7H2,1H3,(H,18,19,20). The highest BCUT2D eigenvalue weighted by atomic mass is 32.1. The van der Waals surface area contributed by atoms with E-state index in [9.17, 15) is 0 Å². The molecule has 104 valence electrons. The first-order valence-electron chi connectivity index (χ1n) is 7.46. The molecule has 0 amide bonds. The normalized spacial score (nSPS) is 15.1. The molecule has 1 aromatic carbocycles. The summed E-state index contributed by atoms with van der Waals surface area (Å²) in [5, 5.41) is 0. The molecule has 0 radical (unpaired) electrons. The predicted molar refractivity (Wildman–Crippen MR) is 85.4 cm³/mol. The van der Waals surface area contributed by atoms with E-state index < -0.39 is 0 Å². The maximum absolute atomic E-state index is 5.39. The molecule has 1 N–H and O–H groups in total. The molecule has 0 saturated heterocycles. The summed E-state index contributed by atoms with van der Waals surface area (Å²) < 4.78 is 0.731. The Kier molecular flexibility index (Phi) is 3.97. The smallest absolute Gasteiger partial charge is 0.133 e. The van der Waals surface area contributed by atoms with Crippen molar-refractivity contribution in [2.24, 2.45) is 0 Å². The number of hydrogen-bond donors (Lipinski definition) is 1. The van der Waals surface area contributed by atoms with Gasteiger partial charge in [-0.1, -0.05) is 50.2 Å². The summed E-state index contributed by atoms with van der Waals surface area (Å²) in [6.07, 6.45) is 7.81.